The Bertz CT molecular complexity index is 451. The van der Waals surface area contributed by atoms with Crippen LogP contribution in [0.3, 0.4) is 0 Å². The maximum Gasteiger partial charge on any atom is 0.126 e. The van der Waals surface area contributed by atoms with E-state index in [1.54, 1.807) is 13.1 Å². The van der Waals surface area contributed by atoms with Crippen molar-refractivity contribution in [2.75, 3.05) is 5.32 Å². The summed E-state index contributed by atoms with van der Waals surface area (Å²) in [5.41, 5.74) is 2.05. The molecule has 0 aliphatic rings. The minimum absolute atomic E-state index is 0.467. The highest BCUT2D eigenvalue weighted by Gasteiger charge is 2.00. The van der Waals surface area contributed by atoms with E-state index in [-0.39, 0.29) is 0 Å². The molecule has 0 fully saturated rings. The topological polar surface area (TPSA) is 45.1 Å². The van der Waals surface area contributed by atoms with E-state index in [1.165, 1.54) is 5.56 Å². The Kier molecular flexibility index (Phi) is 3.73. The Morgan fingerprint density at radius 2 is 1.94 bits per heavy atom. The average Bonchev–Trinajstić information content (AvgIpc) is 2.38. The van der Waals surface area contributed by atoms with Crippen LogP contribution in [0.1, 0.15) is 24.2 Å². The Hall–Kier alpha value is -1.87. The normalized spacial score (nSPS) is 12.1. The van der Waals surface area contributed by atoms with E-state index in [1.807, 2.05) is 30.3 Å². The number of aliphatic hydroxyl groups is 1. The number of benzene rings is 1. The third-order valence-electron chi connectivity index (χ3n) is 2.59. The van der Waals surface area contributed by atoms with Crippen LogP contribution in [0, 0.1) is 0 Å². The summed E-state index contributed by atoms with van der Waals surface area (Å²) in [4.78, 5) is 4.24. The molecule has 2 rings (SSSR count). The number of anilines is 1. The molecule has 0 spiro atoms. The molecule has 1 atom stereocenters. The van der Waals surface area contributed by atoms with Gasteiger partial charge in [-0.05, 0) is 24.1 Å². The van der Waals surface area contributed by atoms with Gasteiger partial charge in [0.1, 0.15) is 5.82 Å². The van der Waals surface area contributed by atoms with Crippen molar-refractivity contribution in [3.63, 3.8) is 0 Å². The predicted molar refractivity (Wildman–Crippen MR) is 68.6 cm³/mol. The third-order valence-corrected chi connectivity index (χ3v) is 2.59. The maximum atomic E-state index is 9.36. The molecule has 3 nitrogen and oxygen atoms in total. The summed E-state index contributed by atoms with van der Waals surface area (Å²) in [5.74, 6) is 0.818. The Morgan fingerprint density at radius 3 is 2.53 bits per heavy atom. The molecule has 1 heterocycles. The molecule has 2 aromatic rings. The zero-order valence-corrected chi connectivity index (χ0v) is 9.80. The van der Waals surface area contributed by atoms with Gasteiger partial charge in [-0.3, -0.25) is 0 Å². The number of pyridine rings is 1. The number of aliphatic hydroxyl groups excluding tert-OH is 1. The van der Waals surface area contributed by atoms with Gasteiger partial charge < -0.3 is 10.4 Å². The number of nitrogens with one attached hydrogen (secondary N) is 1. The molecule has 0 bridgehead atoms. The van der Waals surface area contributed by atoms with Crippen molar-refractivity contribution < 1.29 is 5.11 Å². The lowest BCUT2D eigenvalue weighted by Crippen LogP contribution is -2.01. The van der Waals surface area contributed by atoms with E-state index < -0.39 is 6.10 Å². The monoisotopic (exact) mass is 228 g/mol. The first-order valence-electron chi connectivity index (χ1n) is 5.67. The summed E-state index contributed by atoms with van der Waals surface area (Å²) < 4.78 is 0. The maximum absolute atomic E-state index is 9.36. The summed E-state index contributed by atoms with van der Waals surface area (Å²) in [6.07, 6.45) is 1.23. The van der Waals surface area contributed by atoms with Crippen LogP contribution in [-0.4, -0.2) is 10.1 Å². The molecule has 0 amide bonds. The first-order valence-corrected chi connectivity index (χ1v) is 5.67. The molecule has 1 aromatic carbocycles. The summed E-state index contributed by atoms with van der Waals surface area (Å²) in [7, 11) is 0. The highest BCUT2D eigenvalue weighted by atomic mass is 16.3. The van der Waals surface area contributed by atoms with Gasteiger partial charge in [0.2, 0.25) is 0 Å². The van der Waals surface area contributed by atoms with E-state index in [9.17, 15) is 5.11 Å². The number of nitrogens with zero attached hydrogens (tertiary/aromatic N) is 1. The number of rotatable bonds is 4. The molecule has 3 heteroatoms. The van der Waals surface area contributed by atoms with Gasteiger partial charge in [-0.2, -0.15) is 0 Å². The number of hydrogen-bond acceptors (Lipinski definition) is 3. The standard InChI is InChI=1S/C14H16N2O/c1-11(17)13-7-8-14(16-10-13)15-9-12-5-3-2-4-6-12/h2-8,10-11,17H,9H2,1H3,(H,15,16)/t11-/m0/s1. The van der Waals surface area contributed by atoms with Crippen LogP contribution < -0.4 is 5.32 Å². The molecule has 0 saturated heterocycles. The Morgan fingerprint density at radius 1 is 1.18 bits per heavy atom. The zero-order valence-electron chi connectivity index (χ0n) is 9.80. The lowest BCUT2D eigenvalue weighted by molar-refractivity contribution is 0.199. The smallest absolute Gasteiger partial charge is 0.126 e. The SMILES string of the molecule is C[C@H](O)c1ccc(NCc2ccccc2)nc1. The number of hydrogen-bond donors (Lipinski definition) is 2. The molecule has 0 radical (unpaired) electrons. The molecule has 17 heavy (non-hydrogen) atoms. The second kappa shape index (κ2) is 5.46. The van der Waals surface area contributed by atoms with Crippen molar-refractivity contribution in [2.45, 2.75) is 19.6 Å². The van der Waals surface area contributed by atoms with Crippen molar-refractivity contribution in [3.05, 3.63) is 59.8 Å². The highest BCUT2D eigenvalue weighted by molar-refractivity contribution is 5.37. The number of aromatic nitrogens is 1. The first kappa shape index (κ1) is 11.6. The fourth-order valence-corrected chi connectivity index (χ4v) is 1.55. The quantitative estimate of drug-likeness (QED) is 0.845. The Balaban J connectivity index is 1.96. The van der Waals surface area contributed by atoms with Crippen LogP contribution >= 0.6 is 0 Å². The van der Waals surface area contributed by atoms with Crippen LogP contribution in [0.4, 0.5) is 5.82 Å². The summed E-state index contributed by atoms with van der Waals surface area (Å²) in [6, 6.07) is 13.9. The van der Waals surface area contributed by atoms with Gasteiger partial charge >= 0.3 is 0 Å². The van der Waals surface area contributed by atoms with Gasteiger partial charge in [-0.15, -0.1) is 0 Å². The minimum Gasteiger partial charge on any atom is -0.389 e. The molecule has 0 aliphatic heterocycles. The van der Waals surface area contributed by atoms with Gasteiger partial charge in [0.25, 0.3) is 0 Å². The predicted octanol–water partition coefficient (Wildman–Crippen LogP) is 2.75. The van der Waals surface area contributed by atoms with Gasteiger partial charge in [-0.25, -0.2) is 4.98 Å². The van der Waals surface area contributed by atoms with E-state index in [2.05, 4.69) is 22.4 Å². The fourth-order valence-electron chi connectivity index (χ4n) is 1.55. The van der Waals surface area contributed by atoms with E-state index >= 15 is 0 Å². The molecule has 0 saturated carbocycles. The van der Waals surface area contributed by atoms with Crippen molar-refractivity contribution in [1.82, 2.24) is 4.98 Å². The van der Waals surface area contributed by atoms with E-state index in [0.717, 1.165) is 17.9 Å². The minimum atomic E-state index is -0.467. The molecule has 2 N–H and O–H groups in total. The first-order chi connectivity index (χ1) is 8.25. The molecule has 1 aromatic heterocycles. The second-order valence-electron chi connectivity index (χ2n) is 3.99. The van der Waals surface area contributed by atoms with Crippen molar-refractivity contribution >= 4 is 5.82 Å². The fraction of sp³-hybridized carbons (Fsp3) is 0.214. The van der Waals surface area contributed by atoms with Crippen molar-refractivity contribution in [3.8, 4) is 0 Å². The molecular weight excluding hydrogens is 212 g/mol. The lowest BCUT2D eigenvalue weighted by atomic mass is 10.2. The van der Waals surface area contributed by atoms with E-state index in [4.69, 9.17) is 0 Å². The van der Waals surface area contributed by atoms with Crippen LogP contribution in [0.25, 0.3) is 0 Å². The summed E-state index contributed by atoms with van der Waals surface area (Å²) in [5, 5.41) is 12.6. The average molecular weight is 228 g/mol. The zero-order chi connectivity index (χ0) is 12.1. The third kappa shape index (κ3) is 3.29. The molecule has 0 unspecified atom stereocenters. The van der Waals surface area contributed by atoms with Crippen LogP contribution in [0.5, 0.6) is 0 Å². The molecule has 0 aliphatic carbocycles. The van der Waals surface area contributed by atoms with Crippen LogP contribution in [0.15, 0.2) is 48.7 Å². The summed E-state index contributed by atoms with van der Waals surface area (Å²) >= 11 is 0. The summed E-state index contributed by atoms with van der Waals surface area (Å²) in [6.45, 7) is 2.48. The lowest BCUT2D eigenvalue weighted by Gasteiger charge is -2.07. The molecule has 88 valence electrons. The van der Waals surface area contributed by atoms with Gasteiger partial charge in [0.05, 0.1) is 6.10 Å². The van der Waals surface area contributed by atoms with Crippen molar-refractivity contribution in [2.24, 2.45) is 0 Å². The van der Waals surface area contributed by atoms with Gasteiger partial charge in [-0.1, -0.05) is 36.4 Å². The van der Waals surface area contributed by atoms with Gasteiger partial charge in [0, 0.05) is 12.7 Å². The Labute approximate surface area is 101 Å². The van der Waals surface area contributed by atoms with Crippen molar-refractivity contribution in [1.29, 1.82) is 0 Å². The van der Waals surface area contributed by atoms with Crippen LogP contribution in [0.2, 0.25) is 0 Å². The highest BCUT2D eigenvalue weighted by Crippen LogP contribution is 2.13. The molecular formula is C14H16N2O. The second-order valence-corrected chi connectivity index (χ2v) is 3.99. The van der Waals surface area contributed by atoms with E-state index in [0.29, 0.717) is 0 Å². The van der Waals surface area contributed by atoms with Crippen LogP contribution in [-0.2, 0) is 6.54 Å². The van der Waals surface area contributed by atoms with Gasteiger partial charge in [0.15, 0.2) is 0 Å². The largest absolute Gasteiger partial charge is 0.389 e.